The topological polar surface area (TPSA) is 68.6 Å². The van der Waals surface area contributed by atoms with Gasteiger partial charge in [0.15, 0.2) is 5.76 Å². The molecule has 0 saturated carbocycles. The Bertz CT molecular complexity index is 622. The average Bonchev–Trinajstić information content (AvgIpc) is 2.93. The Hall–Kier alpha value is -2.43. The quantitative estimate of drug-likeness (QED) is 0.468. The lowest BCUT2D eigenvalue weighted by molar-refractivity contribution is -0.402. The van der Waals surface area contributed by atoms with Crippen LogP contribution in [0.3, 0.4) is 0 Å². The molecule has 0 N–H and O–H groups in total. The van der Waals surface area contributed by atoms with E-state index in [9.17, 15) is 10.1 Å². The molecule has 1 aromatic carbocycles. The summed E-state index contributed by atoms with van der Waals surface area (Å²) in [6, 6.07) is 8.97. The van der Waals surface area contributed by atoms with E-state index < -0.39 is 4.92 Å². The summed E-state index contributed by atoms with van der Waals surface area (Å²) < 4.78 is 5.07. The van der Waals surface area contributed by atoms with Crippen LogP contribution in [0.15, 0.2) is 39.7 Å². The summed E-state index contributed by atoms with van der Waals surface area (Å²) in [6.45, 7) is 4.15. The number of furan rings is 1. The van der Waals surface area contributed by atoms with Crippen LogP contribution in [0.5, 0.6) is 0 Å². The maximum atomic E-state index is 10.6. The van der Waals surface area contributed by atoms with Gasteiger partial charge in [0.25, 0.3) is 0 Å². The van der Waals surface area contributed by atoms with Crippen LogP contribution >= 0.6 is 0 Å². The van der Waals surface area contributed by atoms with Crippen molar-refractivity contribution in [1.29, 1.82) is 0 Å². The fraction of sp³-hybridized carbons (Fsp3) is 0.267. The highest BCUT2D eigenvalue weighted by Gasteiger charge is 2.10. The molecule has 0 amide bonds. The van der Waals surface area contributed by atoms with E-state index in [2.05, 4.69) is 18.8 Å². The number of nitro groups is 1. The summed E-state index contributed by atoms with van der Waals surface area (Å²) in [7, 11) is 0. The Morgan fingerprint density at radius 1 is 1.20 bits per heavy atom. The van der Waals surface area contributed by atoms with Gasteiger partial charge in [0.2, 0.25) is 0 Å². The number of hydrogen-bond acceptors (Lipinski definition) is 4. The fourth-order valence-electron chi connectivity index (χ4n) is 2.02. The Kier molecular flexibility index (Phi) is 4.30. The molecule has 2 aromatic rings. The molecule has 104 valence electrons. The predicted molar refractivity (Wildman–Crippen MR) is 77.8 cm³/mol. The molecular weight excluding hydrogens is 256 g/mol. The fourth-order valence-corrected chi connectivity index (χ4v) is 2.02. The first-order chi connectivity index (χ1) is 9.65. The van der Waals surface area contributed by atoms with Crippen LogP contribution in [0.1, 0.15) is 30.7 Å². The van der Waals surface area contributed by atoms with E-state index in [0.717, 1.165) is 29.7 Å². The number of nitrogens with zero attached hydrogens (tertiary/aromatic N) is 2. The Morgan fingerprint density at radius 2 is 1.85 bits per heavy atom. The summed E-state index contributed by atoms with van der Waals surface area (Å²) in [5, 5.41) is 10.6. The van der Waals surface area contributed by atoms with Gasteiger partial charge >= 0.3 is 5.88 Å². The molecule has 0 aliphatic carbocycles. The minimum absolute atomic E-state index is 0.272. The molecule has 0 unspecified atom stereocenters. The number of rotatable bonds is 5. The average molecular weight is 272 g/mol. The predicted octanol–water partition coefficient (Wildman–Crippen LogP) is 4.06. The highest BCUT2D eigenvalue weighted by atomic mass is 16.6. The number of aryl methyl sites for hydroxylation is 2. The first kappa shape index (κ1) is 14.0. The maximum absolute atomic E-state index is 10.6. The van der Waals surface area contributed by atoms with Gasteiger partial charge in [0, 0.05) is 0 Å². The SMILES string of the molecule is CCc1cccc(CC)c1N=Cc1ccc([N+](=O)[O-])o1. The van der Waals surface area contributed by atoms with Crippen molar-refractivity contribution in [2.75, 3.05) is 0 Å². The number of hydrogen-bond donors (Lipinski definition) is 0. The van der Waals surface area contributed by atoms with Crippen molar-refractivity contribution in [1.82, 2.24) is 0 Å². The van der Waals surface area contributed by atoms with Gasteiger partial charge in [-0.2, -0.15) is 0 Å². The molecule has 0 spiro atoms. The van der Waals surface area contributed by atoms with E-state index in [1.165, 1.54) is 12.3 Å². The minimum Gasteiger partial charge on any atom is -0.400 e. The Balaban J connectivity index is 2.32. The summed E-state index contributed by atoms with van der Waals surface area (Å²) in [5.74, 6) is 0.107. The zero-order valence-corrected chi connectivity index (χ0v) is 11.5. The first-order valence-electron chi connectivity index (χ1n) is 6.54. The van der Waals surface area contributed by atoms with Crippen molar-refractivity contribution in [3.8, 4) is 0 Å². The summed E-state index contributed by atoms with van der Waals surface area (Å²) in [4.78, 5) is 14.4. The van der Waals surface area contributed by atoms with E-state index in [-0.39, 0.29) is 5.88 Å². The Morgan fingerprint density at radius 3 is 2.35 bits per heavy atom. The summed E-state index contributed by atoms with van der Waals surface area (Å²) >= 11 is 0. The van der Waals surface area contributed by atoms with Crippen molar-refractivity contribution in [3.05, 3.63) is 57.3 Å². The monoisotopic (exact) mass is 272 g/mol. The lowest BCUT2D eigenvalue weighted by atomic mass is 10.0. The molecule has 0 aliphatic rings. The highest BCUT2D eigenvalue weighted by molar-refractivity contribution is 5.80. The molecule has 2 rings (SSSR count). The van der Waals surface area contributed by atoms with Gasteiger partial charge in [-0.1, -0.05) is 32.0 Å². The second-order valence-electron chi connectivity index (χ2n) is 4.32. The zero-order chi connectivity index (χ0) is 14.5. The third-order valence-electron chi connectivity index (χ3n) is 3.08. The van der Waals surface area contributed by atoms with Gasteiger partial charge in [-0.25, -0.2) is 0 Å². The van der Waals surface area contributed by atoms with E-state index in [1.807, 2.05) is 18.2 Å². The number of aliphatic imine (C=N–C) groups is 1. The van der Waals surface area contributed by atoms with E-state index >= 15 is 0 Å². The minimum atomic E-state index is -0.561. The van der Waals surface area contributed by atoms with Crippen molar-refractivity contribution < 1.29 is 9.34 Å². The molecule has 0 atom stereocenters. The smallest absolute Gasteiger partial charge is 0.400 e. The molecule has 0 saturated heterocycles. The van der Waals surface area contributed by atoms with Crippen molar-refractivity contribution in [2.24, 2.45) is 4.99 Å². The molecule has 20 heavy (non-hydrogen) atoms. The van der Waals surface area contributed by atoms with Crippen LogP contribution < -0.4 is 0 Å². The van der Waals surface area contributed by atoms with Crippen LogP contribution in [-0.2, 0) is 12.8 Å². The van der Waals surface area contributed by atoms with Crippen LogP contribution in [0, 0.1) is 10.1 Å². The van der Waals surface area contributed by atoms with Gasteiger partial charge in [0.1, 0.15) is 4.92 Å². The number of para-hydroxylation sites is 1. The van der Waals surface area contributed by atoms with Crippen LogP contribution in [0.2, 0.25) is 0 Å². The van der Waals surface area contributed by atoms with Gasteiger partial charge in [0.05, 0.1) is 18.0 Å². The van der Waals surface area contributed by atoms with E-state index in [1.54, 1.807) is 6.07 Å². The van der Waals surface area contributed by atoms with Crippen molar-refractivity contribution in [2.45, 2.75) is 26.7 Å². The van der Waals surface area contributed by atoms with Gasteiger partial charge in [-0.15, -0.1) is 0 Å². The molecule has 0 bridgehead atoms. The molecule has 0 aliphatic heterocycles. The normalized spacial score (nSPS) is 11.1. The van der Waals surface area contributed by atoms with Gasteiger partial charge in [-0.3, -0.25) is 15.1 Å². The number of benzene rings is 1. The second-order valence-corrected chi connectivity index (χ2v) is 4.32. The standard InChI is InChI=1S/C15H16N2O3/c1-3-11-6-5-7-12(4-2)15(11)16-10-13-8-9-14(20-13)17(18)19/h5-10H,3-4H2,1-2H3. The molecule has 0 fully saturated rings. The third kappa shape index (κ3) is 2.93. The molecule has 1 heterocycles. The zero-order valence-electron chi connectivity index (χ0n) is 11.5. The van der Waals surface area contributed by atoms with Crippen molar-refractivity contribution >= 4 is 17.8 Å². The van der Waals surface area contributed by atoms with E-state index in [4.69, 9.17) is 4.42 Å². The molecule has 5 heteroatoms. The molecule has 1 aromatic heterocycles. The molecule has 5 nitrogen and oxygen atoms in total. The third-order valence-corrected chi connectivity index (χ3v) is 3.08. The van der Waals surface area contributed by atoms with Crippen LogP contribution in [0.4, 0.5) is 11.6 Å². The first-order valence-corrected chi connectivity index (χ1v) is 6.54. The largest absolute Gasteiger partial charge is 0.433 e. The van der Waals surface area contributed by atoms with Crippen molar-refractivity contribution in [3.63, 3.8) is 0 Å². The van der Waals surface area contributed by atoms with Gasteiger partial charge in [-0.05, 0) is 30.0 Å². The van der Waals surface area contributed by atoms with Gasteiger partial charge < -0.3 is 4.42 Å². The molecule has 0 radical (unpaired) electrons. The summed E-state index contributed by atoms with van der Waals surface area (Å²) in [6.07, 6.45) is 3.30. The van der Waals surface area contributed by atoms with Crippen LogP contribution in [0.25, 0.3) is 0 Å². The highest BCUT2D eigenvalue weighted by Crippen LogP contribution is 2.26. The maximum Gasteiger partial charge on any atom is 0.433 e. The lowest BCUT2D eigenvalue weighted by Crippen LogP contribution is -1.89. The summed E-state index contributed by atoms with van der Waals surface area (Å²) in [5.41, 5.74) is 3.24. The molecular formula is C15H16N2O3. The Labute approximate surface area is 117 Å². The van der Waals surface area contributed by atoms with Crippen LogP contribution in [-0.4, -0.2) is 11.1 Å². The lowest BCUT2D eigenvalue weighted by Gasteiger charge is -2.07. The second kappa shape index (κ2) is 6.14. The van der Waals surface area contributed by atoms with E-state index in [0.29, 0.717) is 5.76 Å².